The van der Waals surface area contributed by atoms with E-state index in [2.05, 4.69) is 44.5 Å². The number of aromatic nitrogens is 1. The van der Waals surface area contributed by atoms with Crippen LogP contribution in [0.4, 0.5) is 5.69 Å². The molecule has 4 heterocycles. The summed E-state index contributed by atoms with van der Waals surface area (Å²) in [5, 5.41) is 15.7. The molecule has 3 N–H and O–H groups in total. The van der Waals surface area contributed by atoms with Gasteiger partial charge in [0, 0.05) is 55.7 Å². The summed E-state index contributed by atoms with van der Waals surface area (Å²) in [4.78, 5) is 34.4. The number of likely N-dealkylation sites (tertiary alicyclic amines) is 1. The molecule has 3 aromatic carbocycles. The molecule has 3 fully saturated rings. The van der Waals surface area contributed by atoms with Crippen LogP contribution in [-0.2, 0) is 27.4 Å². The Bertz CT molecular complexity index is 1710. The molecule has 0 saturated carbocycles. The molecular weight excluding hydrogens is 618 g/mol. The number of amides is 2. The predicted octanol–water partition coefficient (Wildman–Crippen LogP) is 4.72. The number of hydrogen-bond acceptors (Lipinski definition) is 8. The molecule has 49 heavy (non-hydrogen) atoms. The van der Waals surface area contributed by atoms with E-state index < -0.39 is 11.8 Å². The van der Waals surface area contributed by atoms with Crippen molar-refractivity contribution in [3.8, 4) is 0 Å². The van der Waals surface area contributed by atoms with Crippen molar-refractivity contribution in [1.29, 1.82) is 0 Å². The first kappa shape index (κ1) is 32.9. The number of carbonyl (C=O) groups excluding carboxylic acids is 2. The van der Waals surface area contributed by atoms with Crippen LogP contribution in [0.15, 0.2) is 103 Å². The summed E-state index contributed by atoms with van der Waals surface area (Å²) in [5.41, 5.74) is 4.79. The van der Waals surface area contributed by atoms with E-state index in [9.17, 15) is 14.7 Å². The number of hydrogen-bond donors (Lipinski definition) is 3. The van der Waals surface area contributed by atoms with Gasteiger partial charge in [-0.25, -0.2) is 0 Å². The molecule has 3 aliphatic rings. The lowest BCUT2D eigenvalue weighted by atomic mass is 9.84. The van der Waals surface area contributed by atoms with Crippen LogP contribution in [0.5, 0.6) is 0 Å². The minimum absolute atomic E-state index is 0.0130. The molecular formula is C39H43N5O5. The van der Waals surface area contributed by atoms with Gasteiger partial charge in [0.05, 0.1) is 31.0 Å². The van der Waals surface area contributed by atoms with Crippen LogP contribution in [0, 0.1) is 5.92 Å². The number of piperidine rings is 1. The second-order valence-electron chi connectivity index (χ2n) is 13.2. The Labute approximate surface area is 287 Å². The lowest BCUT2D eigenvalue weighted by molar-refractivity contribution is -0.276. The summed E-state index contributed by atoms with van der Waals surface area (Å²) in [7, 11) is 0. The molecule has 10 heteroatoms. The summed E-state index contributed by atoms with van der Waals surface area (Å²) in [5.74, 6) is -0.0177. The van der Waals surface area contributed by atoms with E-state index in [1.807, 2.05) is 66.7 Å². The van der Waals surface area contributed by atoms with Gasteiger partial charge in [0.2, 0.25) is 5.91 Å². The normalized spacial score (nSPS) is 23.7. The molecule has 0 radical (unpaired) electrons. The molecule has 7 rings (SSSR count). The van der Waals surface area contributed by atoms with Gasteiger partial charge in [0.1, 0.15) is 5.54 Å². The molecule has 0 bridgehead atoms. The molecule has 1 spiro atoms. The Morgan fingerprint density at radius 2 is 1.65 bits per heavy atom. The molecule has 0 unspecified atom stereocenters. The molecule has 254 valence electrons. The van der Waals surface area contributed by atoms with Gasteiger partial charge in [-0.1, -0.05) is 73.7 Å². The van der Waals surface area contributed by atoms with E-state index in [1.165, 1.54) is 0 Å². The van der Waals surface area contributed by atoms with E-state index in [1.54, 1.807) is 24.5 Å². The zero-order chi connectivity index (χ0) is 33.8. The highest BCUT2D eigenvalue weighted by molar-refractivity contribution is 5.94. The molecule has 3 aliphatic heterocycles. The summed E-state index contributed by atoms with van der Waals surface area (Å²) >= 11 is 0. The van der Waals surface area contributed by atoms with Crippen molar-refractivity contribution in [3.05, 3.63) is 131 Å². The van der Waals surface area contributed by atoms with Gasteiger partial charge in [0.15, 0.2) is 6.29 Å². The maximum atomic E-state index is 13.2. The molecule has 3 saturated heterocycles. The van der Waals surface area contributed by atoms with Crippen molar-refractivity contribution in [2.24, 2.45) is 5.92 Å². The topological polar surface area (TPSA) is 116 Å². The number of nitrogens with one attached hydrogen (secondary N) is 2. The number of ether oxygens (including phenoxy) is 2. The Morgan fingerprint density at radius 1 is 0.939 bits per heavy atom. The monoisotopic (exact) mass is 661 g/mol. The number of para-hydroxylation sites is 1. The van der Waals surface area contributed by atoms with E-state index in [0.29, 0.717) is 25.3 Å². The van der Waals surface area contributed by atoms with Crippen LogP contribution in [0.3, 0.4) is 0 Å². The van der Waals surface area contributed by atoms with Crippen LogP contribution < -0.4 is 15.5 Å². The highest BCUT2D eigenvalue weighted by Crippen LogP contribution is 2.43. The number of benzene rings is 3. The number of carbonyl (C=O) groups is 2. The summed E-state index contributed by atoms with van der Waals surface area (Å²) < 4.78 is 13.4. The number of nitrogens with zero attached hydrogens (tertiary/aromatic N) is 3. The highest BCUT2D eigenvalue weighted by atomic mass is 16.7. The summed E-state index contributed by atoms with van der Waals surface area (Å²) in [6, 6.07) is 29.6. The van der Waals surface area contributed by atoms with Crippen molar-refractivity contribution in [2.75, 3.05) is 31.2 Å². The second-order valence-corrected chi connectivity index (χ2v) is 13.2. The average Bonchev–Trinajstić information content (AvgIpc) is 3.47. The number of anilines is 1. The number of aliphatic hydroxyl groups is 1. The van der Waals surface area contributed by atoms with Gasteiger partial charge in [-0.2, -0.15) is 0 Å². The number of pyridine rings is 1. The standard InChI is InChI=1S/C39H43N5O5/c1-27-34(24-43-20-17-39(18-21-43)38(47)42-26-44(39)33-7-3-2-4-8-33)48-37(49-35(27)30-13-11-29(25-45)12-14-30)31-15-9-28(10-16-31)22-41-36(46)32-6-5-19-40-23-32/h2-16,19,23,27,34-35,37,45H,17-18,20-22,24-26H2,1H3,(H,41,46)(H,42,47)/t27-,34+,35+,37+/m1/s1. The Morgan fingerprint density at radius 3 is 2.35 bits per heavy atom. The molecule has 10 nitrogen and oxygen atoms in total. The summed E-state index contributed by atoms with van der Waals surface area (Å²) in [6.45, 7) is 5.35. The quantitative estimate of drug-likeness (QED) is 0.236. The van der Waals surface area contributed by atoms with Gasteiger partial charge >= 0.3 is 0 Å². The largest absolute Gasteiger partial charge is 0.392 e. The van der Waals surface area contributed by atoms with Crippen molar-refractivity contribution in [2.45, 2.75) is 57.0 Å². The van der Waals surface area contributed by atoms with Crippen LogP contribution in [0.25, 0.3) is 0 Å². The van der Waals surface area contributed by atoms with Crippen LogP contribution in [0.1, 0.15) is 64.8 Å². The van der Waals surface area contributed by atoms with Gasteiger partial charge in [-0.05, 0) is 53.8 Å². The Kier molecular flexibility index (Phi) is 9.72. The van der Waals surface area contributed by atoms with Gasteiger partial charge in [-0.15, -0.1) is 0 Å². The minimum atomic E-state index is -0.590. The number of aliphatic hydroxyl groups excluding tert-OH is 1. The van der Waals surface area contributed by atoms with Gasteiger partial charge in [0.25, 0.3) is 5.91 Å². The minimum Gasteiger partial charge on any atom is -0.392 e. The fourth-order valence-electron chi connectivity index (χ4n) is 7.29. The first-order chi connectivity index (χ1) is 23.9. The van der Waals surface area contributed by atoms with E-state index in [0.717, 1.165) is 53.9 Å². The lowest BCUT2D eigenvalue weighted by Gasteiger charge is -2.46. The second kappa shape index (κ2) is 14.5. The molecule has 4 aromatic rings. The average molecular weight is 662 g/mol. The fraction of sp³-hybridized carbons (Fsp3) is 0.359. The van der Waals surface area contributed by atoms with Crippen LogP contribution in [-0.4, -0.2) is 64.8 Å². The molecule has 1 aromatic heterocycles. The van der Waals surface area contributed by atoms with E-state index in [-0.39, 0.29) is 36.5 Å². The molecule has 4 atom stereocenters. The van der Waals surface area contributed by atoms with Crippen molar-refractivity contribution < 1.29 is 24.2 Å². The summed E-state index contributed by atoms with van der Waals surface area (Å²) in [6.07, 6.45) is 3.72. The Balaban J connectivity index is 1.05. The highest BCUT2D eigenvalue weighted by Gasteiger charge is 2.51. The van der Waals surface area contributed by atoms with E-state index in [4.69, 9.17) is 9.47 Å². The van der Waals surface area contributed by atoms with Gasteiger partial charge in [-0.3, -0.25) is 14.6 Å². The van der Waals surface area contributed by atoms with Crippen molar-refractivity contribution in [3.63, 3.8) is 0 Å². The Hall–Kier alpha value is -4.61. The van der Waals surface area contributed by atoms with Crippen molar-refractivity contribution in [1.82, 2.24) is 20.5 Å². The van der Waals surface area contributed by atoms with E-state index >= 15 is 0 Å². The van der Waals surface area contributed by atoms with Crippen LogP contribution >= 0.6 is 0 Å². The number of rotatable bonds is 9. The lowest BCUT2D eigenvalue weighted by Crippen LogP contribution is -2.57. The maximum absolute atomic E-state index is 13.2. The fourth-order valence-corrected chi connectivity index (χ4v) is 7.29. The third-order valence-electron chi connectivity index (χ3n) is 10.3. The van der Waals surface area contributed by atoms with Crippen LogP contribution in [0.2, 0.25) is 0 Å². The molecule has 2 amide bonds. The zero-order valence-electron chi connectivity index (χ0n) is 27.7. The van der Waals surface area contributed by atoms with Crippen molar-refractivity contribution >= 4 is 17.5 Å². The SMILES string of the molecule is C[C@@H]1[C@H](CN2CCC3(CC2)C(=O)NCN3c2ccccc2)O[C@H](c2ccc(CNC(=O)c3cccnc3)cc2)O[C@@H]1c1ccc(CO)cc1. The first-order valence-electron chi connectivity index (χ1n) is 17.0. The zero-order valence-corrected chi connectivity index (χ0v) is 27.7. The molecule has 0 aliphatic carbocycles. The van der Waals surface area contributed by atoms with Gasteiger partial charge < -0.3 is 35.0 Å². The smallest absolute Gasteiger partial charge is 0.253 e. The third kappa shape index (κ3) is 6.95. The maximum Gasteiger partial charge on any atom is 0.253 e. The first-order valence-corrected chi connectivity index (χ1v) is 17.0. The predicted molar refractivity (Wildman–Crippen MR) is 185 cm³/mol. The third-order valence-corrected chi connectivity index (χ3v) is 10.3.